The van der Waals surface area contributed by atoms with Crippen LogP contribution in [0.25, 0.3) is 0 Å². The molecule has 1 aliphatic carbocycles. The smallest absolute Gasteiger partial charge is 0.293 e. The number of hydrogen-bond acceptors (Lipinski definition) is 6. The summed E-state index contributed by atoms with van der Waals surface area (Å²) in [6.45, 7) is 1.55. The van der Waals surface area contributed by atoms with Crippen LogP contribution in [0.4, 0.5) is 5.82 Å². The Balaban J connectivity index is 1.40. The molecule has 1 spiro atoms. The van der Waals surface area contributed by atoms with Crippen LogP contribution >= 0.6 is 0 Å². The first-order chi connectivity index (χ1) is 12.1. The minimum atomic E-state index is -0.321. The highest BCUT2D eigenvalue weighted by atomic mass is 16.2. The summed E-state index contributed by atoms with van der Waals surface area (Å²) in [7, 11) is 1.73. The average molecular weight is 339 g/mol. The van der Waals surface area contributed by atoms with E-state index in [0.29, 0.717) is 25.5 Å². The van der Waals surface area contributed by atoms with Gasteiger partial charge in [0.15, 0.2) is 5.82 Å². The number of nitrogens with zero attached hydrogens (tertiary/aromatic N) is 7. The molecule has 3 aliphatic rings. The topological polar surface area (TPSA) is 97.1 Å². The Labute approximate surface area is 143 Å². The van der Waals surface area contributed by atoms with Crippen molar-refractivity contribution < 1.29 is 9.59 Å². The summed E-state index contributed by atoms with van der Waals surface area (Å²) in [4.78, 5) is 41.5. The monoisotopic (exact) mass is 339 g/mol. The molecule has 0 atom stereocenters. The van der Waals surface area contributed by atoms with Crippen LogP contribution in [0.3, 0.4) is 0 Å². The van der Waals surface area contributed by atoms with Crippen molar-refractivity contribution in [3.63, 3.8) is 0 Å². The fourth-order valence-corrected chi connectivity index (χ4v) is 3.74. The van der Waals surface area contributed by atoms with E-state index in [4.69, 9.17) is 0 Å². The molecule has 2 aromatic heterocycles. The minimum Gasteiger partial charge on any atom is -0.334 e. The molecule has 2 fully saturated rings. The number of hydrogen-bond donors (Lipinski definition) is 0. The molecular weight excluding hydrogens is 322 g/mol. The van der Waals surface area contributed by atoms with Gasteiger partial charge in [-0.05, 0) is 12.8 Å². The van der Waals surface area contributed by atoms with Crippen molar-refractivity contribution in [1.29, 1.82) is 0 Å². The van der Waals surface area contributed by atoms with E-state index >= 15 is 0 Å². The zero-order valence-corrected chi connectivity index (χ0v) is 13.8. The largest absolute Gasteiger partial charge is 0.334 e. The number of aromatic nitrogens is 5. The van der Waals surface area contributed by atoms with Gasteiger partial charge in [0, 0.05) is 45.0 Å². The summed E-state index contributed by atoms with van der Waals surface area (Å²) < 4.78 is 1.51. The summed E-state index contributed by atoms with van der Waals surface area (Å²) in [5, 5.41) is 4.07. The lowest BCUT2D eigenvalue weighted by molar-refractivity contribution is -0.120. The van der Waals surface area contributed by atoms with E-state index in [2.05, 4.69) is 20.1 Å². The van der Waals surface area contributed by atoms with Gasteiger partial charge in [0.2, 0.25) is 11.7 Å². The number of anilines is 1. The number of fused-ring (bicyclic) bond motifs is 2. The minimum absolute atomic E-state index is 0.125. The van der Waals surface area contributed by atoms with Crippen molar-refractivity contribution in [3.05, 3.63) is 30.2 Å². The fourth-order valence-electron chi connectivity index (χ4n) is 3.74. The number of carbonyl (C=O) groups excluding carboxylic acids is 2. The molecule has 2 aliphatic heterocycles. The highest BCUT2D eigenvalue weighted by molar-refractivity contribution is 5.98. The third-order valence-corrected chi connectivity index (χ3v) is 5.16. The maximum atomic E-state index is 12.6. The van der Waals surface area contributed by atoms with E-state index in [0.717, 1.165) is 18.5 Å². The van der Waals surface area contributed by atoms with Crippen LogP contribution in [0.1, 0.15) is 29.2 Å². The van der Waals surface area contributed by atoms with Gasteiger partial charge in [-0.25, -0.2) is 9.97 Å². The summed E-state index contributed by atoms with van der Waals surface area (Å²) >= 11 is 0. The second kappa shape index (κ2) is 4.84. The zero-order valence-electron chi connectivity index (χ0n) is 13.8. The molecule has 25 heavy (non-hydrogen) atoms. The number of likely N-dealkylation sites (tertiary alicyclic amines) is 1. The molecule has 2 amide bonds. The van der Waals surface area contributed by atoms with Gasteiger partial charge in [-0.2, -0.15) is 0 Å². The first-order valence-corrected chi connectivity index (χ1v) is 8.35. The van der Waals surface area contributed by atoms with Crippen molar-refractivity contribution in [2.24, 2.45) is 13.0 Å². The molecule has 0 bridgehead atoms. The van der Waals surface area contributed by atoms with Crippen LogP contribution < -0.4 is 4.90 Å². The molecule has 128 valence electrons. The highest BCUT2D eigenvalue weighted by Gasteiger charge is 2.57. The lowest BCUT2D eigenvalue weighted by Gasteiger charge is -2.46. The highest BCUT2D eigenvalue weighted by Crippen LogP contribution is 2.46. The summed E-state index contributed by atoms with van der Waals surface area (Å²) in [5.74, 6) is 0.919. The predicted octanol–water partition coefficient (Wildman–Crippen LogP) is -0.245. The Morgan fingerprint density at radius 3 is 2.56 bits per heavy atom. The molecule has 0 N–H and O–H groups in total. The van der Waals surface area contributed by atoms with E-state index in [1.807, 2.05) is 0 Å². The molecule has 4 heterocycles. The molecule has 9 nitrogen and oxygen atoms in total. The van der Waals surface area contributed by atoms with Crippen LogP contribution in [0, 0.1) is 5.92 Å². The number of aryl methyl sites for hydroxylation is 1. The molecule has 2 aromatic rings. The summed E-state index contributed by atoms with van der Waals surface area (Å²) in [6.07, 6.45) is 6.68. The van der Waals surface area contributed by atoms with E-state index < -0.39 is 0 Å². The van der Waals surface area contributed by atoms with E-state index in [1.54, 1.807) is 29.2 Å². The lowest BCUT2D eigenvalue weighted by Crippen LogP contribution is -2.63. The molecular formula is C16H17N7O2. The van der Waals surface area contributed by atoms with E-state index in [1.165, 1.54) is 11.0 Å². The standard InChI is InChI=1S/C16H17N7O2/c1-21-9-19-12(20-21)15(25)22-6-16(7-22)8-23(14(24)10-2-3-10)13-11(16)17-4-5-18-13/h4-5,9-10H,2-3,6-8H2,1H3. The van der Waals surface area contributed by atoms with E-state index in [-0.39, 0.29) is 29.0 Å². The molecule has 9 heteroatoms. The zero-order chi connectivity index (χ0) is 17.2. The van der Waals surface area contributed by atoms with Gasteiger partial charge in [0.05, 0.1) is 11.1 Å². The summed E-state index contributed by atoms with van der Waals surface area (Å²) in [6, 6.07) is 0. The van der Waals surface area contributed by atoms with Gasteiger partial charge in [0.25, 0.3) is 5.91 Å². The second-order valence-corrected chi connectivity index (χ2v) is 7.11. The Morgan fingerprint density at radius 2 is 1.88 bits per heavy atom. The van der Waals surface area contributed by atoms with Gasteiger partial charge in [-0.15, -0.1) is 5.10 Å². The second-order valence-electron chi connectivity index (χ2n) is 7.11. The third kappa shape index (κ3) is 2.08. The molecule has 0 radical (unpaired) electrons. The maximum absolute atomic E-state index is 12.6. The SMILES string of the molecule is Cn1cnc(C(=O)N2CC3(C2)CN(C(=O)C2CC2)c2nccnc23)n1. The Kier molecular flexibility index (Phi) is 2.81. The van der Waals surface area contributed by atoms with Crippen LogP contribution in [-0.2, 0) is 17.3 Å². The maximum Gasteiger partial charge on any atom is 0.293 e. The third-order valence-electron chi connectivity index (χ3n) is 5.16. The fraction of sp³-hybridized carbons (Fsp3) is 0.500. The van der Waals surface area contributed by atoms with Crippen LogP contribution in [0.15, 0.2) is 18.7 Å². The summed E-state index contributed by atoms with van der Waals surface area (Å²) in [5.41, 5.74) is 0.500. The van der Waals surface area contributed by atoms with Crippen molar-refractivity contribution in [1.82, 2.24) is 29.6 Å². The van der Waals surface area contributed by atoms with E-state index in [9.17, 15) is 9.59 Å². The molecule has 1 saturated heterocycles. The van der Waals surface area contributed by atoms with Crippen LogP contribution in [0.5, 0.6) is 0 Å². The average Bonchev–Trinajstić information content (AvgIpc) is 3.25. The van der Waals surface area contributed by atoms with Gasteiger partial charge >= 0.3 is 0 Å². The number of carbonyl (C=O) groups is 2. The Bertz CT molecular complexity index is 882. The molecule has 0 unspecified atom stereocenters. The van der Waals surface area contributed by atoms with Crippen LogP contribution in [0.2, 0.25) is 0 Å². The van der Waals surface area contributed by atoms with Gasteiger partial charge in [-0.1, -0.05) is 0 Å². The van der Waals surface area contributed by atoms with Crippen LogP contribution in [-0.4, -0.2) is 61.1 Å². The van der Waals surface area contributed by atoms with Gasteiger partial charge in [-0.3, -0.25) is 24.2 Å². The Hall–Kier alpha value is -2.84. The molecule has 5 rings (SSSR count). The van der Waals surface area contributed by atoms with Gasteiger partial charge in [0.1, 0.15) is 6.33 Å². The predicted molar refractivity (Wildman–Crippen MR) is 85.7 cm³/mol. The van der Waals surface area contributed by atoms with Crippen molar-refractivity contribution in [2.75, 3.05) is 24.5 Å². The van der Waals surface area contributed by atoms with Crippen molar-refractivity contribution in [2.45, 2.75) is 18.3 Å². The normalized spacial score (nSPS) is 20.5. The molecule has 1 saturated carbocycles. The first kappa shape index (κ1) is 14.5. The first-order valence-electron chi connectivity index (χ1n) is 8.35. The van der Waals surface area contributed by atoms with Crippen molar-refractivity contribution >= 4 is 17.6 Å². The number of amides is 2. The van der Waals surface area contributed by atoms with Gasteiger partial charge < -0.3 is 4.90 Å². The number of rotatable bonds is 2. The van der Waals surface area contributed by atoms with Crippen molar-refractivity contribution in [3.8, 4) is 0 Å². The quantitative estimate of drug-likeness (QED) is 0.749. The lowest BCUT2D eigenvalue weighted by atomic mass is 9.78. The molecule has 0 aromatic carbocycles. The Morgan fingerprint density at radius 1 is 1.12 bits per heavy atom.